The standard InChI is InChI=1S/C7H14N4O/c1-5(2)3-8-4-6-9-7(12)11-10-6/h5,8H,3-4H2,1-2H3,(H2,9,10,11,12). The quantitative estimate of drug-likeness (QED) is 0.588. The highest BCUT2D eigenvalue weighted by molar-refractivity contribution is 4.78. The van der Waals surface area contributed by atoms with E-state index in [0.29, 0.717) is 18.3 Å². The van der Waals surface area contributed by atoms with Crippen molar-refractivity contribution >= 4 is 0 Å². The molecule has 0 saturated heterocycles. The molecular formula is C7H14N4O. The van der Waals surface area contributed by atoms with Crippen molar-refractivity contribution in [3.63, 3.8) is 0 Å². The van der Waals surface area contributed by atoms with Gasteiger partial charge in [0.05, 0.1) is 6.54 Å². The predicted octanol–water partition coefficient (Wildman–Crippen LogP) is -0.156. The van der Waals surface area contributed by atoms with Gasteiger partial charge in [-0.25, -0.2) is 9.89 Å². The first-order valence-electron chi connectivity index (χ1n) is 4.02. The third-order valence-electron chi connectivity index (χ3n) is 1.40. The molecule has 68 valence electrons. The van der Waals surface area contributed by atoms with E-state index in [4.69, 9.17) is 0 Å². The van der Waals surface area contributed by atoms with Crippen LogP contribution in [0.25, 0.3) is 0 Å². The summed E-state index contributed by atoms with van der Waals surface area (Å²) in [7, 11) is 0. The normalized spacial score (nSPS) is 10.9. The summed E-state index contributed by atoms with van der Waals surface area (Å²) in [5.74, 6) is 1.26. The molecule has 1 heterocycles. The second-order valence-electron chi connectivity index (χ2n) is 3.15. The highest BCUT2D eigenvalue weighted by Crippen LogP contribution is 1.88. The van der Waals surface area contributed by atoms with Crippen LogP contribution in [0.4, 0.5) is 0 Å². The van der Waals surface area contributed by atoms with Gasteiger partial charge in [0.15, 0.2) is 0 Å². The minimum absolute atomic E-state index is 0.253. The lowest BCUT2D eigenvalue weighted by Gasteiger charge is -2.03. The van der Waals surface area contributed by atoms with Gasteiger partial charge >= 0.3 is 5.69 Å². The summed E-state index contributed by atoms with van der Waals surface area (Å²) in [6, 6.07) is 0. The van der Waals surface area contributed by atoms with Crippen LogP contribution in [0.5, 0.6) is 0 Å². The molecule has 0 spiro atoms. The third kappa shape index (κ3) is 2.87. The van der Waals surface area contributed by atoms with Crippen molar-refractivity contribution in [2.24, 2.45) is 5.92 Å². The molecule has 0 bridgehead atoms. The topological polar surface area (TPSA) is 73.6 Å². The zero-order chi connectivity index (χ0) is 8.97. The summed E-state index contributed by atoms with van der Waals surface area (Å²) >= 11 is 0. The average molecular weight is 170 g/mol. The number of aromatic nitrogens is 3. The van der Waals surface area contributed by atoms with Gasteiger partial charge in [-0.15, -0.1) is 0 Å². The third-order valence-corrected chi connectivity index (χ3v) is 1.40. The highest BCUT2D eigenvalue weighted by atomic mass is 16.1. The van der Waals surface area contributed by atoms with Crippen LogP contribution < -0.4 is 11.0 Å². The molecule has 0 saturated carbocycles. The van der Waals surface area contributed by atoms with E-state index in [2.05, 4.69) is 34.3 Å². The molecule has 0 aliphatic rings. The van der Waals surface area contributed by atoms with Crippen LogP contribution in [0.2, 0.25) is 0 Å². The summed E-state index contributed by atoms with van der Waals surface area (Å²) in [6.45, 7) is 5.78. The largest absolute Gasteiger partial charge is 0.340 e. The van der Waals surface area contributed by atoms with Crippen molar-refractivity contribution in [2.45, 2.75) is 20.4 Å². The first-order chi connectivity index (χ1) is 5.68. The Balaban J connectivity index is 2.29. The molecule has 0 unspecified atom stereocenters. The Bertz CT molecular complexity index is 275. The van der Waals surface area contributed by atoms with Gasteiger partial charge in [-0.2, -0.15) is 5.10 Å². The van der Waals surface area contributed by atoms with Gasteiger partial charge in [-0.3, -0.25) is 4.98 Å². The molecule has 0 amide bonds. The van der Waals surface area contributed by atoms with Gasteiger partial charge < -0.3 is 5.32 Å². The van der Waals surface area contributed by atoms with E-state index in [9.17, 15) is 4.79 Å². The fourth-order valence-corrected chi connectivity index (χ4v) is 0.868. The van der Waals surface area contributed by atoms with Crippen LogP contribution in [0.1, 0.15) is 19.7 Å². The Morgan fingerprint density at radius 2 is 2.33 bits per heavy atom. The maximum atomic E-state index is 10.6. The molecule has 0 radical (unpaired) electrons. The second kappa shape index (κ2) is 4.06. The van der Waals surface area contributed by atoms with Crippen molar-refractivity contribution in [1.82, 2.24) is 20.5 Å². The Morgan fingerprint density at radius 3 is 2.83 bits per heavy atom. The number of rotatable bonds is 4. The Kier molecular flexibility index (Phi) is 3.04. The number of hydrogen-bond acceptors (Lipinski definition) is 3. The minimum Gasteiger partial charge on any atom is -0.310 e. The Hall–Kier alpha value is -1.10. The minimum atomic E-state index is -0.253. The number of aromatic amines is 2. The smallest absolute Gasteiger partial charge is 0.310 e. The van der Waals surface area contributed by atoms with Gasteiger partial charge in [0, 0.05) is 0 Å². The van der Waals surface area contributed by atoms with Crippen molar-refractivity contribution in [1.29, 1.82) is 0 Å². The summed E-state index contributed by atoms with van der Waals surface area (Å²) in [4.78, 5) is 13.2. The lowest BCUT2D eigenvalue weighted by molar-refractivity contribution is 0.543. The lowest BCUT2D eigenvalue weighted by atomic mass is 10.2. The number of H-pyrrole nitrogens is 2. The van der Waals surface area contributed by atoms with Crippen molar-refractivity contribution in [3.05, 3.63) is 16.3 Å². The molecule has 1 aromatic rings. The van der Waals surface area contributed by atoms with E-state index >= 15 is 0 Å². The predicted molar refractivity (Wildman–Crippen MR) is 45.8 cm³/mol. The molecule has 12 heavy (non-hydrogen) atoms. The fraction of sp³-hybridized carbons (Fsp3) is 0.714. The number of nitrogens with one attached hydrogen (secondary N) is 3. The summed E-state index contributed by atoms with van der Waals surface area (Å²) in [6.07, 6.45) is 0. The van der Waals surface area contributed by atoms with E-state index in [1.807, 2.05) is 0 Å². The van der Waals surface area contributed by atoms with E-state index in [1.54, 1.807) is 0 Å². The monoisotopic (exact) mass is 170 g/mol. The van der Waals surface area contributed by atoms with Crippen LogP contribution in [-0.4, -0.2) is 21.7 Å². The molecule has 0 aromatic carbocycles. The van der Waals surface area contributed by atoms with Gasteiger partial charge in [0.1, 0.15) is 5.82 Å². The molecular weight excluding hydrogens is 156 g/mol. The molecule has 0 fully saturated rings. The molecule has 1 rings (SSSR count). The molecule has 3 N–H and O–H groups in total. The molecule has 5 heteroatoms. The molecule has 0 aliphatic heterocycles. The van der Waals surface area contributed by atoms with Crippen LogP contribution >= 0.6 is 0 Å². The molecule has 0 atom stereocenters. The van der Waals surface area contributed by atoms with Crippen molar-refractivity contribution in [2.75, 3.05) is 6.54 Å². The van der Waals surface area contributed by atoms with Crippen molar-refractivity contribution < 1.29 is 0 Å². The zero-order valence-corrected chi connectivity index (χ0v) is 7.35. The van der Waals surface area contributed by atoms with Crippen molar-refractivity contribution in [3.8, 4) is 0 Å². The Morgan fingerprint density at radius 1 is 1.58 bits per heavy atom. The number of nitrogens with zero attached hydrogens (tertiary/aromatic N) is 1. The molecule has 0 aliphatic carbocycles. The lowest BCUT2D eigenvalue weighted by Crippen LogP contribution is -2.20. The maximum absolute atomic E-state index is 10.6. The zero-order valence-electron chi connectivity index (χ0n) is 7.35. The number of hydrogen-bond donors (Lipinski definition) is 3. The van der Waals surface area contributed by atoms with Crippen LogP contribution in [0.3, 0.4) is 0 Å². The summed E-state index contributed by atoms with van der Waals surface area (Å²) in [5, 5.41) is 9.22. The second-order valence-corrected chi connectivity index (χ2v) is 3.15. The SMILES string of the molecule is CC(C)CNCc1n[nH]c(=O)[nH]1. The van der Waals surface area contributed by atoms with Crippen LogP contribution in [0.15, 0.2) is 4.79 Å². The van der Waals surface area contributed by atoms with Gasteiger partial charge in [-0.05, 0) is 12.5 Å². The first kappa shape index (κ1) is 8.99. The summed E-state index contributed by atoms with van der Waals surface area (Å²) in [5.41, 5.74) is -0.253. The fourth-order valence-electron chi connectivity index (χ4n) is 0.868. The van der Waals surface area contributed by atoms with E-state index in [-0.39, 0.29) is 5.69 Å². The first-order valence-corrected chi connectivity index (χ1v) is 4.02. The summed E-state index contributed by atoms with van der Waals surface area (Å²) < 4.78 is 0. The highest BCUT2D eigenvalue weighted by Gasteiger charge is 1.97. The Labute approximate surface area is 70.6 Å². The van der Waals surface area contributed by atoms with E-state index in [1.165, 1.54) is 0 Å². The van der Waals surface area contributed by atoms with E-state index < -0.39 is 0 Å². The molecule has 1 aromatic heterocycles. The molecule has 5 nitrogen and oxygen atoms in total. The van der Waals surface area contributed by atoms with Crippen LogP contribution in [-0.2, 0) is 6.54 Å². The van der Waals surface area contributed by atoms with Gasteiger partial charge in [-0.1, -0.05) is 13.8 Å². The van der Waals surface area contributed by atoms with Gasteiger partial charge in [0.2, 0.25) is 0 Å². The maximum Gasteiger partial charge on any atom is 0.340 e. The van der Waals surface area contributed by atoms with E-state index in [0.717, 1.165) is 6.54 Å². The average Bonchev–Trinajstić information content (AvgIpc) is 2.35. The van der Waals surface area contributed by atoms with Gasteiger partial charge in [0.25, 0.3) is 0 Å². The van der Waals surface area contributed by atoms with Crippen LogP contribution in [0, 0.1) is 5.92 Å².